The second-order valence-electron chi connectivity index (χ2n) is 5.26. The highest BCUT2D eigenvalue weighted by Gasteiger charge is 2.39. The van der Waals surface area contributed by atoms with Crippen LogP contribution in [0.1, 0.15) is 25.5 Å². The van der Waals surface area contributed by atoms with Crippen molar-refractivity contribution >= 4 is 17.7 Å². The van der Waals surface area contributed by atoms with E-state index in [1.165, 1.54) is 15.9 Å². The molecule has 2 rings (SSSR count). The van der Waals surface area contributed by atoms with Crippen LogP contribution >= 0.6 is 0 Å². The van der Waals surface area contributed by atoms with Crippen molar-refractivity contribution in [3.63, 3.8) is 0 Å². The third-order valence-electron chi connectivity index (χ3n) is 3.59. The summed E-state index contributed by atoms with van der Waals surface area (Å²) >= 11 is 0. The van der Waals surface area contributed by atoms with Crippen LogP contribution in [0.2, 0.25) is 0 Å². The Labute approximate surface area is 130 Å². The number of carboxylic acid groups (broad SMARTS) is 1. The van der Waals surface area contributed by atoms with E-state index in [0.717, 1.165) is 18.7 Å². The largest absolute Gasteiger partial charge is 0.480 e. The predicted octanol–water partition coefficient (Wildman–Crippen LogP) is 2.60. The maximum atomic E-state index is 12.5. The number of pyridine rings is 1. The van der Waals surface area contributed by atoms with Crippen molar-refractivity contribution < 1.29 is 27.9 Å². The number of carbonyl (C=O) groups excluding carboxylic acids is 1. The molecule has 0 bridgehead atoms. The summed E-state index contributed by atoms with van der Waals surface area (Å²) in [5.41, 5.74) is -0.822. The summed E-state index contributed by atoms with van der Waals surface area (Å²) in [4.78, 5) is 29.1. The topological polar surface area (TPSA) is 73.7 Å². The van der Waals surface area contributed by atoms with Crippen molar-refractivity contribution in [3.8, 4) is 0 Å². The van der Waals surface area contributed by atoms with Crippen LogP contribution in [-0.2, 0) is 11.0 Å². The minimum atomic E-state index is -4.55. The molecule has 1 saturated heterocycles. The van der Waals surface area contributed by atoms with E-state index in [4.69, 9.17) is 5.11 Å². The minimum absolute atomic E-state index is 0.219. The highest BCUT2D eigenvalue weighted by atomic mass is 19.4. The zero-order valence-electron chi connectivity index (χ0n) is 12.4. The lowest BCUT2D eigenvalue weighted by atomic mass is 10.1. The molecular weight excluding hydrogens is 315 g/mol. The molecule has 6 nitrogen and oxygen atoms in total. The first-order valence-electron chi connectivity index (χ1n) is 7.07. The molecule has 0 unspecified atom stereocenters. The Morgan fingerprint density at radius 2 is 2.13 bits per heavy atom. The third-order valence-corrected chi connectivity index (χ3v) is 3.59. The van der Waals surface area contributed by atoms with Crippen LogP contribution in [0.3, 0.4) is 0 Å². The number of nitrogens with zero attached hydrogens (tertiary/aromatic N) is 3. The van der Waals surface area contributed by atoms with Gasteiger partial charge in [-0.05, 0) is 18.6 Å². The lowest BCUT2D eigenvalue weighted by Gasteiger charge is -2.20. The molecule has 1 aliphatic heterocycles. The second-order valence-corrected chi connectivity index (χ2v) is 5.26. The molecule has 1 aliphatic rings. The van der Waals surface area contributed by atoms with E-state index >= 15 is 0 Å². The summed E-state index contributed by atoms with van der Waals surface area (Å²) in [6.07, 6.45) is -2.20. The summed E-state index contributed by atoms with van der Waals surface area (Å²) in [6.45, 7) is 1.70. The second kappa shape index (κ2) is 6.43. The molecule has 0 radical (unpaired) electrons. The molecule has 0 aromatic carbocycles. The molecule has 1 aromatic rings. The molecule has 2 heterocycles. The van der Waals surface area contributed by atoms with E-state index in [-0.39, 0.29) is 18.3 Å². The van der Waals surface area contributed by atoms with Crippen molar-refractivity contribution in [2.45, 2.75) is 32.0 Å². The lowest BCUT2D eigenvalue weighted by Crippen LogP contribution is -2.38. The molecular formula is C14H16F3N3O3. The van der Waals surface area contributed by atoms with Gasteiger partial charge in [-0.1, -0.05) is 13.3 Å². The molecule has 1 aromatic heterocycles. The zero-order valence-corrected chi connectivity index (χ0v) is 12.4. The van der Waals surface area contributed by atoms with Gasteiger partial charge in [0.15, 0.2) is 0 Å². The number of anilines is 1. The molecule has 1 fully saturated rings. The quantitative estimate of drug-likeness (QED) is 0.900. The third kappa shape index (κ3) is 3.72. The normalized spacial score (nSPS) is 18.6. The Morgan fingerprint density at radius 3 is 2.61 bits per heavy atom. The number of aromatic nitrogens is 1. The van der Waals surface area contributed by atoms with Crippen molar-refractivity contribution in [2.75, 3.05) is 18.0 Å². The molecule has 23 heavy (non-hydrogen) atoms. The fourth-order valence-corrected chi connectivity index (χ4v) is 2.55. The number of hydrogen-bond donors (Lipinski definition) is 1. The van der Waals surface area contributed by atoms with Gasteiger partial charge in [0.1, 0.15) is 12.2 Å². The van der Waals surface area contributed by atoms with Crippen molar-refractivity contribution in [1.82, 2.24) is 9.88 Å². The van der Waals surface area contributed by atoms with E-state index in [1.807, 2.05) is 6.92 Å². The number of urea groups is 1. The summed E-state index contributed by atoms with van der Waals surface area (Å²) < 4.78 is 37.6. The minimum Gasteiger partial charge on any atom is -0.480 e. The number of alkyl halides is 3. The number of carbonyl (C=O) groups is 2. The SMILES string of the molecule is CCC[C@H]1CN(c2ccc(C(F)(F)F)nc2)C(=O)N1CC(=O)O. The van der Waals surface area contributed by atoms with Crippen LogP contribution in [-0.4, -0.2) is 46.1 Å². The van der Waals surface area contributed by atoms with Crippen LogP contribution in [0.5, 0.6) is 0 Å². The molecule has 1 atom stereocenters. The Hall–Kier alpha value is -2.32. The Kier molecular flexibility index (Phi) is 4.76. The fourth-order valence-electron chi connectivity index (χ4n) is 2.55. The first-order chi connectivity index (χ1) is 10.7. The van der Waals surface area contributed by atoms with Gasteiger partial charge in [-0.3, -0.25) is 9.69 Å². The number of aliphatic carboxylic acids is 1. The van der Waals surface area contributed by atoms with Crippen LogP contribution in [0, 0.1) is 0 Å². The van der Waals surface area contributed by atoms with E-state index in [2.05, 4.69) is 4.98 Å². The molecule has 0 aliphatic carbocycles. The van der Waals surface area contributed by atoms with Gasteiger partial charge in [-0.15, -0.1) is 0 Å². The molecule has 0 saturated carbocycles. The first-order valence-corrected chi connectivity index (χ1v) is 7.07. The Bertz CT molecular complexity index is 589. The van der Waals surface area contributed by atoms with E-state index in [0.29, 0.717) is 6.42 Å². The highest BCUT2D eigenvalue weighted by molar-refractivity contribution is 5.96. The summed E-state index contributed by atoms with van der Waals surface area (Å²) in [7, 11) is 0. The molecule has 1 N–H and O–H groups in total. The maximum absolute atomic E-state index is 12.5. The number of hydrogen-bond acceptors (Lipinski definition) is 3. The van der Waals surface area contributed by atoms with Gasteiger partial charge in [0.25, 0.3) is 0 Å². The number of carboxylic acids is 1. The molecule has 0 spiro atoms. The van der Waals surface area contributed by atoms with Crippen LogP contribution in [0.15, 0.2) is 18.3 Å². The van der Waals surface area contributed by atoms with Crippen molar-refractivity contribution in [1.29, 1.82) is 0 Å². The van der Waals surface area contributed by atoms with Gasteiger partial charge >= 0.3 is 18.2 Å². The van der Waals surface area contributed by atoms with Crippen molar-refractivity contribution in [2.24, 2.45) is 0 Å². The van der Waals surface area contributed by atoms with E-state index < -0.39 is 30.4 Å². The number of halogens is 3. The average Bonchev–Trinajstić information content (AvgIpc) is 2.76. The standard InChI is InChI=1S/C14H16F3N3O3/c1-2-3-10-7-19(13(23)20(10)8-12(21)22)9-4-5-11(18-6-9)14(15,16)17/h4-6,10H,2-3,7-8H2,1H3,(H,21,22)/t10-/m0/s1. The summed E-state index contributed by atoms with van der Waals surface area (Å²) in [5, 5.41) is 8.91. The van der Waals surface area contributed by atoms with Gasteiger partial charge < -0.3 is 10.0 Å². The molecule has 2 amide bonds. The van der Waals surface area contributed by atoms with E-state index in [9.17, 15) is 22.8 Å². The van der Waals surface area contributed by atoms with Gasteiger partial charge in [0.05, 0.1) is 17.9 Å². The highest BCUT2D eigenvalue weighted by Crippen LogP contribution is 2.30. The average molecular weight is 331 g/mol. The first kappa shape index (κ1) is 17.0. The monoisotopic (exact) mass is 331 g/mol. The van der Waals surface area contributed by atoms with Gasteiger partial charge in [-0.25, -0.2) is 9.78 Å². The summed E-state index contributed by atoms with van der Waals surface area (Å²) in [6, 6.07) is 1.15. The zero-order chi connectivity index (χ0) is 17.2. The lowest BCUT2D eigenvalue weighted by molar-refractivity contribution is -0.141. The Balaban J connectivity index is 2.22. The summed E-state index contributed by atoms with van der Waals surface area (Å²) in [5.74, 6) is -1.13. The van der Waals surface area contributed by atoms with Crippen molar-refractivity contribution in [3.05, 3.63) is 24.0 Å². The van der Waals surface area contributed by atoms with Gasteiger partial charge in [0.2, 0.25) is 0 Å². The predicted molar refractivity (Wildman–Crippen MR) is 75.0 cm³/mol. The fraction of sp³-hybridized carbons (Fsp3) is 0.500. The van der Waals surface area contributed by atoms with Gasteiger partial charge in [-0.2, -0.15) is 13.2 Å². The smallest absolute Gasteiger partial charge is 0.433 e. The van der Waals surface area contributed by atoms with Crippen LogP contribution < -0.4 is 4.90 Å². The number of amides is 2. The number of rotatable bonds is 5. The van der Waals surface area contributed by atoms with Gasteiger partial charge in [0, 0.05) is 6.54 Å². The molecule has 9 heteroatoms. The van der Waals surface area contributed by atoms with Crippen LogP contribution in [0.25, 0.3) is 0 Å². The molecule has 126 valence electrons. The van der Waals surface area contributed by atoms with Crippen LogP contribution in [0.4, 0.5) is 23.7 Å². The Morgan fingerprint density at radius 1 is 1.43 bits per heavy atom. The maximum Gasteiger partial charge on any atom is 0.433 e. The van der Waals surface area contributed by atoms with E-state index in [1.54, 1.807) is 0 Å².